The maximum Gasteiger partial charge on any atom is 0.325 e. The topological polar surface area (TPSA) is 123 Å². The van der Waals surface area contributed by atoms with E-state index in [0.717, 1.165) is 11.1 Å². The molecule has 2 aromatic heterocycles. The molecule has 1 aliphatic rings. The summed E-state index contributed by atoms with van der Waals surface area (Å²) in [6.45, 7) is 1.22. The number of β-amino-alcohol motifs (C(OH)–C–C–N with tert-alkyl or cyclic N) is 1. The van der Waals surface area contributed by atoms with Gasteiger partial charge in [-0.25, -0.2) is 9.48 Å². The van der Waals surface area contributed by atoms with Gasteiger partial charge in [0.25, 0.3) is 0 Å². The summed E-state index contributed by atoms with van der Waals surface area (Å²) in [6, 6.07) is 6.81. The molecule has 1 fully saturated rings. The molecular formula is C19H21N7O3. The van der Waals surface area contributed by atoms with Crippen LogP contribution in [0.2, 0.25) is 0 Å². The molecule has 3 N–H and O–H groups in total. The Morgan fingerprint density at radius 2 is 2.07 bits per heavy atom. The third kappa shape index (κ3) is 3.45. The van der Waals surface area contributed by atoms with Crippen molar-refractivity contribution < 1.29 is 14.7 Å². The SMILES string of the molecule is Cn1cc(-n2cc(-c3cccc(C(N)=O)c3)cn2)c(N2CCN(CCO)C2=O)n1. The van der Waals surface area contributed by atoms with E-state index in [-0.39, 0.29) is 12.6 Å². The van der Waals surface area contributed by atoms with Crippen molar-refractivity contribution in [3.63, 3.8) is 0 Å². The number of hydrogen-bond donors (Lipinski definition) is 2. The minimum atomic E-state index is -0.492. The summed E-state index contributed by atoms with van der Waals surface area (Å²) in [6.07, 6.45) is 5.28. The number of aryl methyl sites for hydroxylation is 1. The first-order valence-corrected chi connectivity index (χ1v) is 9.14. The highest BCUT2D eigenvalue weighted by Crippen LogP contribution is 2.28. The standard InChI is InChI=1S/C19H21N7O3/c1-23-12-16(18(22-23)25-6-5-24(7-8-27)19(25)29)26-11-15(10-21-26)13-3-2-4-14(9-13)17(20)28/h2-4,9-12,27H,5-8H2,1H3,(H2,20,28). The fourth-order valence-corrected chi connectivity index (χ4v) is 3.38. The quantitative estimate of drug-likeness (QED) is 0.633. The molecule has 0 saturated carbocycles. The Morgan fingerprint density at radius 1 is 1.24 bits per heavy atom. The molecular weight excluding hydrogens is 374 g/mol. The van der Waals surface area contributed by atoms with Crippen molar-refractivity contribution >= 4 is 17.8 Å². The van der Waals surface area contributed by atoms with E-state index in [1.165, 1.54) is 0 Å². The van der Waals surface area contributed by atoms with Gasteiger partial charge in [-0.1, -0.05) is 12.1 Å². The maximum absolute atomic E-state index is 12.6. The molecule has 150 valence electrons. The third-order valence-corrected chi connectivity index (χ3v) is 4.82. The first-order valence-electron chi connectivity index (χ1n) is 9.14. The zero-order chi connectivity index (χ0) is 20.5. The van der Waals surface area contributed by atoms with Crippen LogP contribution in [0.5, 0.6) is 0 Å². The summed E-state index contributed by atoms with van der Waals surface area (Å²) < 4.78 is 3.28. The van der Waals surface area contributed by atoms with Gasteiger partial charge in [0.15, 0.2) is 5.82 Å². The molecule has 29 heavy (non-hydrogen) atoms. The molecule has 0 atom stereocenters. The number of aliphatic hydroxyl groups excluding tert-OH is 1. The van der Waals surface area contributed by atoms with E-state index in [9.17, 15) is 9.59 Å². The van der Waals surface area contributed by atoms with Gasteiger partial charge in [0.05, 0.1) is 19.0 Å². The molecule has 0 unspecified atom stereocenters. The Balaban J connectivity index is 1.67. The van der Waals surface area contributed by atoms with Crippen LogP contribution in [0.3, 0.4) is 0 Å². The summed E-state index contributed by atoms with van der Waals surface area (Å²) in [5.74, 6) is 0.00671. The fourth-order valence-electron chi connectivity index (χ4n) is 3.38. The number of anilines is 1. The maximum atomic E-state index is 12.6. The number of primary amides is 1. The molecule has 10 heteroatoms. The minimum Gasteiger partial charge on any atom is -0.395 e. The van der Waals surface area contributed by atoms with Gasteiger partial charge in [0.1, 0.15) is 5.69 Å². The third-order valence-electron chi connectivity index (χ3n) is 4.82. The highest BCUT2D eigenvalue weighted by Gasteiger charge is 2.32. The van der Waals surface area contributed by atoms with E-state index in [2.05, 4.69) is 10.2 Å². The second-order valence-corrected chi connectivity index (χ2v) is 6.78. The number of aromatic nitrogens is 4. The molecule has 10 nitrogen and oxygen atoms in total. The molecule has 1 aliphatic heterocycles. The number of urea groups is 1. The summed E-state index contributed by atoms with van der Waals surface area (Å²) in [4.78, 5) is 27.2. The van der Waals surface area contributed by atoms with Crippen LogP contribution in [-0.2, 0) is 7.05 Å². The summed E-state index contributed by atoms with van der Waals surface area (Å²) in [7, 11) is 1.78. The number of carbonyl (C=O) groups excluding carboxylic acids is 2. The lowest BCUT2D eigenvalue weighted by molar-refractivity contribution is 0.100. The second-order valence-electron chi connectivity index (χ2n) is 6.78. The van der Waals surface area contributed by atoms with Crippen LogP contribution in [0.25, 0.3) is 16.8 Å². The van der Waals surface area contributed by atoms with Crippen LogP contribution in [-0.4, -0.2) is 67.7 Å². The molecule has 0 bridgehead atoms. The van der Waals surface area contributed by atoms with Crippen molar-refractivity contribution in [2.45, 2.75) is 0 Å². The Labute approximate surface area is 166 Å². The molecule has 4 rings (SSSR count). The lowest BCUT2D eigenvalue weighted by Gasteiger charge is -2.17. The molecule has 0 radical (unpaired) electrons. The lowest BCUT2D eigenvalue weighted by Crippen LogP contribution is -2.34. The van der Waals surface area contributed by atoms with Gasteiger partial charge in [0, 0.05) is 44.0 Å². The molecule has 0 spiro atoms. The van der Waals surface area contributed by atoms with Crippen LogP contribution in [0.4, 0.5) is 10.6 Å². The smallest absolute Gasteiger partial charge is 0.325 e. The van der Waals surface area contributed by atoms with E-state index in [4.69, 9.17) is 10.8 Å². The van der Waals surface area contributed by atoms with Gasteiger partial charge in [-0.15, -0.1) is 0 Å². The number of carbonyl (C=O) groups is 2. The number of aliphatic hydroxyl groups is 1. The second kappa shape index (κ2) is 7.40. The number of benzene rings is 1. The van der Waals surface area contributed by atoms with Gasteiger partial charge < -0.3 is 15.7 Å². The van der Waals surface area contributed by atoms with Crippen LogP contribution < -0.4 is 10.6 Å². The van der Waals surface area contributed by atoms with Gasteiger partial charge in [-0.3, -0.25) is 14.4 Å². The van der Waals surface area contributed by atoms with E-state index >= 15 is 0 Å². The number of amides is 3. The Kier molecular flexibility index (Phi) is 4.77. The molecule has 1 aromatic carbocycles. The lowest BCUT2D eigenvalue weighted by atomic mass is 10.1. The minimum absolute atomic E-state index is 0.0818. The van der Waals surface area contributed by atoms with E-state index in [1.807, 2.05) is 12.3 Å². The average molecular weight is 395 g/mol. The number of nitrogens with two attached hydrogens (primary N) is 1. The molecule has 1 saturated heterocycles. The van der Waals surface area contributed by atoms with E-state index in [0.29, 0.717) is 36.7 Å². The van der Waals surface area contributed by atoms with Crippen LogP contribution >= 0.6 is 0 Å². The Morgan fingerprint density at radius 3 is 2.83 bits per heavy atom. The van der Waals surface area contributed by atoms with Gasteiger partial charge in [-0.05, 0) is 17.7 Å². The van der Waals surface area contributed by atoms with Crippen molar-refractivity contribution in [3.8, 4) is 16.8 Å². The summed E-state index contributed by atoms with van der Waals surface area (Å²) in [5, 5.41) is 18.0. The summed E-state index contributed by atoms with van der Waals surface area (Å²) in [5.41, 5.74) is 8.06. The first-order chi connectivity index (χ1) is 14.0. The van der Waals surface area contributed by atoms with Crippen LogP contribution in [0.1, 0.15) is 10.4 Å². The molecule has 3 heterocycles. The van der Waals surface area contributed by atoms with E-state index < -0.39 is 5.91 Å². The molecule has 0 aliphatic carbocycles. The average Bonchev–Trinajstić information content (AvgIpc) is 3.41. The molecule has 3 amide bonds. The first kappa shape index (κ1) is 18.7. The normalized spacial score (nSPS) is 14.1. The zero-order valence-electron chi connectivity index (χ0n) is 15.9. The predicted molar refractivity (Wildman–Crippen MR) is 106 cm³/mol. The van der Waals surface area contributed by atoms with Crippen molar-refractivity contribution in [1.29, 1.82) is 0 Å². The van der Waals surface area contributed by atoms with E-state index in [1.54, 1.807) is 56.8 Å². The monoisotopic (exact) mass is 395 g/mol. The Bertz CT molecular complexity index is 1070. The van der Waals surface area contributed by atoms with Crippen molar-refractivity contribution in [1.82, 2.24) is 24.5 Å². The van der Waals surface area contributed by atoms with Crippen LogP contribution in [0, 0.1) is 0 Å². The van der Waals surface area contributed by atoms with Gasteiger partial charge in [-0.2, -0.15) is 10.2 Å². The largest absolute Gasteiger partial charge is 0.395 e. The number of hydrogen-bond acceptors (Lipinski definition) is 5. The van der Waals surface area contributed by atoms with Crippen molar-refractivity contribution in [2.24, 2.45) is 12.8 Å². The summed E-state index contributed by atoms with van der Waals surface area (Å²) >= 11 is 0. The van der Waals surface area contributed by atoms with Crippen LogP contribution in [0.15, 0.2) is 42.9 Å². The zero-order valence-corrected chi connectivity index (χ0v) is 15.9. The highest BCUT2D eigenvalue weighted by molar-refractivity contribution is 5.95. The van der Waals surface area contributed by atoms with Gasteiger partial charge >= 0.3 is 6.03 Å². The number of rotatable bonds is 6. The van der Waals surface area contributed by atoms with Gasteiger partial charge in [0.2, 0.25) is 5.91 Å². The van der Waals surface area contributed by atoms with Crippen molar-refractivity contribution in [3.05, 3.63) is 48.4 Å². The fraction of sp³-hybridized carbons (Fsp3) is 0.263. The molecule has 3 aromatic rings. The highest BCUT2D eigenvalue weighted by atomic mass is 16.3. The predicted octanol–water partition coefficient (Wildman–Crippen LogP) is 0.606. The number of nitrogens with zero attached hydrogens (tertiary/aromatic N) is 6. The van der Waals surface area contributed by atoms with Crippen molar-refractivity contribution in [2.75, 3.05) is 31.1 Å². The Hall–Kier alpha value is -3.66.